The van der Waals surface area contributed by atoms with Gasteiger partial charge in [0.2, 0.25) is 0 Å². The molecule has 2 aromatic carbocycles. The van der Waals surface area contributed by atoms with Crippen molar-refractivity contribution in [3.05, 3.63) is 69.2 Å². The molecule has 1 nitrogen and oxygen atoms in total. The van der Waals surface area contributed by atoms with Gasteiger partial charge in [-0.15, -0.1) is 0 Å². The lowest BCUT2D eigenvalue weighted by molar-refractivity contribution is 0.575. The van der Waals surface area contributed by atoms with Gasteiger partial charge < -0.3 is 5.32 Å². The SMILES string of the molecule is Cc1ccc(CN[C@H](C)c2ccccc2Cl)c(Cl)c1. The molecule has 0 saturated carbocycles. The van der Waals surface area contributed by atoms with Crippen molar-refractivity contribution in [1.82, 2.24) is 5.32 Å². The van der Waals surface area contributed by atoms with Gasteiger partial charge in [0.1, 0.15) is 0 Å². The molecule has 0 bridgehead atoms. The number of rotatable bonds is 4. The van der Waals surface area contributed by atoms with Crippen LogP contribution >= 0.6 is 23.2 Å². The zero-order valence-electron chi connectivity index (χ0n) is 11.1. The van der Waals surface area contributed by atoms with Crippen molar-refractivity contribution in [2.45, 2.75) is 26.4 Å². The third kappa shape index (κ3) is 3.73. The standard InChI is InChI=1S/C16H17Cl2N/c1-11-7-8-13(16(18)9-11)10-19-12(2)14-5-3-4-6-15(14)17/h3-9,12,19H,10H2,1-2H3/t12-/m1/s1. The number of nitrogens with one attached hydrogen (secondary N) is 1. The highest BCUT2D eigenvalue weighted by atomic mass is 35.5. The van der Waals surface area contributed by atoms with Crippen LogP contribution < -0.4 is 5.32 Å². The van der Waals surface area contributed by atoms with Crippen molar-refractivity contribution >= 4 is 23.2 Å². The second-order valence-corrected chi connectivity index (χ2v) is 5.53. The predicted octanol–water partition coefficient (Wildman–Crippen LogP) is 5.15. The Bertz CT molecular complexity index is 566. The molecular weight excluding hydrogens is 277 g/mol. The summed E-state index contributed by atoms with van der Waals surface area (Å²) in [5, 5.41) is 5.04. The summed E-state index contributed by atoms with van der Waals surface area (Å²) in [4.78, 5) is 0. The van der Waals surface area contributed by atoms with Crippen LogP contribution in [-0.4, -0.2) is 0 Å². The molecule has 0 saturated heterocycles. The normalized spacial score (nSPS) is 12.4. The topological polar surface area (TPSA) is 12.0 Å². The molecule has 1 atom stereocenters. The molecule has 3 heteroatoms. The Kier molecular flexibility index (Phi) is 4.87. The molecule has 1 N–H and O–H groups in total. The summed E-state index contributed by atoms with van der Waals surface area (Å²) in [6.45, 7) is 4.87. The van der Waals surface area contributed by atoms with Gasteiger partial charge in [-0.3, -0.25) is 0 Å². The van der Waals surface area contributed by atoms with Gasteiger partial charge in [-0.1, -0.05) is 53.5 Å². The van der Waals surface area contributed by atoms with Crippen LogP contribution in [0, 0.1) is 6.92 Å². The van der Waals surface area contributed by atoms with Crippen molar-refractivity contribution < 1.29 is 0 Å². The molecule has 0 fully saturated rings. The largest absolute Gasteiger partial charge is 0.306 e. The molecule has 100 valence electrons. The molecule has 0 radical (unpaired) electrons. The summed E-state index contributed by atoms with van der Waals surface area (Å²) < 4.78 is 0. The van der Waals surface area contributed by atoms with E-state index in [1.54, 1.807) is 0 Å². The lowest BCUT2D eigenvalue weighted by Crippen LogP contribution is -2.18. The summed E-state index contributed by atoms with van der Waals surface area (Å²) in [5.41, 5.74) is 3.38. The van der Waals surface area contributed by atoms with Gasteiger partial charge in [0.05, 0.1) is 0 Å². The lowest BCUT2D eigenvalue weighted by atomic mass is 10.1. The average Bonchev–Trinajstić information content (AvgIpc) is 2.38. The first-order valence-corrected chi connectivity index (χ1v) is 7.06. The van der Waals surface area contributed by atoms with Crippen LogP contribution in [0.25, 0.3) is 0 Å². The molecule has 2 aromatic rings. The van der Waals surface area contributed by atoms with E-state index in [0.717, 1.165) is 27.7 Å². The number of hydrogen-bond acceptors (Lipinski definition) is 1. The second-order valence-electron chi connectivity index (χ2n) is 4.72. The zero-order valence-corrected chi connectivity index (χ0v) is 12.6. The van der Waals surface area contributed by atoms with E-state index in [1.807, 2.05) is 37.3 Å². The number of halogens is 2. The Hall–Kier alpha value is -1.02. The summed E-state index contributed by atoms with van der Waals surface area (Å²) in [5.74, 6) is 0. The van der Waals surface area contributed by atoms with Gasteiger partial charge >= 0.3 is 0 Å². The molecule has 0 aliphatic heterocycles. The molecular formula is C16H17Cl2N. The first-order chi connectivity index (χ1) is 9.08. The summed E-state index contributed by atoms with van der Waals surface area (Å²) in [6, 6.07) is 14.2. The quantitative estimate of drug-likeness (QED) is 0.822. The monoisotopic (exact) mass is 293 g/mol. The molecule has 19 heavy (non-hydrogen) atoms. The maximum absolute atomic E-state index is 6.22. The number of benzene rings is 2. The van der Waals surface area contributed by atoms with Crippen molar-refractivity contribution in [3.8, 4) is 0 Å². The highest BCUT2D eigenvalue weighted by molar-refractivity contribution is 6.31. The van der Waals surface area contributed by atoms with Crippen LogP contribution in [0.1, 0.15) is 29.7 Å². The van der Waals surface area contributed by atoms with E-state index in [9.17, 15) is 0 Å². The molecule has 0 amide bonds. The third-order valence-electron chi connectivity index (χ3n) is 3.18. The third-order valence-corrected chi connectivity index (χ3v) is 3.88. The minimum Gasteiger partial charge on any atom is -0.306 e. The van der Waals surface area contributed by atoms with E-state index < -0.39 is 0 Å². The van der Waals surface area contributed by atoms with Crippen LogP contribution in [0.5, 0.6) is 0 Å². The summed E-state index contributed by atoms with van der Waals surface area (Å²) in [6.07, 6.45) is 0. The van der Waals surface area contributed by atoms with E-state index in [1.165, 1.54) is 5.56 Å². The first kappa shape index (κ1) is 14.4. The van der Waals surface area contributed by atoms with Crippen LogP contribution in [0.3, 0.4) is 0 Å². The molecule has 0 spiro atoms. The second kappa shape index (κ2) is 6.42. The molecule has 0 aromatic heterocycles. The van der Waals surface area contributed by atoms with Crippen molar-refractivity contribution in [2.75, 3.05) is 0 Å². The van der Waals surface area contributed by atoms with E-state index in [2.05, 4.69) is 24.4 Å². The first-order valence-electron chi connectivity index (χ1n) is 6.31. The van der Waals surface area contributed by atoms with Gasteiger partial charge in [-0.05, 0) is 42.7 Å². The van der Waals surface area contributed by atoms with Crippen molar-refractivity contribution in [1.29, 1.82) is 0 Å². The van der Waals surface area contributed by atoms with Crippen molar-refractivity contribution in [2.24, 2.45) is 0 Å². The maximum atomic E-state index is 6.22. The van der Waals surface area contributed by atoms with E-state index in [0.29, 0.717) is 0 Å². The van der Waals surface area contributed by atoms with Gasteiger partial charge in [-0.2, -0.15) is 0 Å². The van der Waals surface area contributed by atoms with Crippen molar-refractivity contribution in [3.63, 3.8) is 0 Å². The smallest absolute Gasteiger partial charge is 0.0453 e. The fourth-order valence-electron chi connectivity index (χ4n) is 1.99. The fourth-order valence-corrected chi connectivity index (χ4v) is 2.60. The highest BCUT2D eigenvalue weighted by Gasteiger charge is 2.09. The lowest BCUT2D eigenvalue weighted by Gasteiger charge is -2.16. The maximum Gasteiger partial charge on any atom is 0.0453 e. The Morgan fingerprint density at radius 3 is 2.47 bits per heavy atom. The average molecular weight is 294 g/mol. The fraction of sp³-hybridized carbons (Fsp3) is 0.250. The van der Waals surface area contributed by atoms with Crippen LogP contribution in [-0.2, 0) is 6.54 Å². The van der Waals surface area contributed by atoms with Gasteiger partial charge in [0, 0.05) is 22.6 Å². The molecule has 0 heterocycles. The highest BCUT2D eigenvalue weighted by Crippen LogP contribution is 2.23. The Morgan fingerprint density at radius 2 is 1.79 bits per heavy atom. The Labute approximate surface area is 124 Å². The van der Waals surface area contributed by atoms with Crippen LogP contribution in [0.4, 0.5) is 0 Å². The van der Waals surface area contributed by atoms with Gasteiger partial charge in [0.15, 0.2) is 0 Å². The predicted molar refractivity (Wildman–Crippen MR) is 82.9 cm³/mol. The van der Waals surface area contributed by atoms with Gasteiger partial charge in [-0.25, -0.2) is 0 Å². The molecule has 0 aliphatic carbocycles. The minimum absolute atomic E-state index is 0.186. The van der Waals surface area contributed by atoms with Crippen LogP contribution in [0.2, 0.25) is 10.0 Å². The summed E-state index contributed by atoms with van der Waals surface area (Å²) >= 11 is 12.4. The van der Waals surface area contributed by atoms with E-state index >= 15 is 0 Å². The van der Waals surface area contributed by atoms with E-state index in [-0.39, 0.29) is 6.04 Å². The number of hydrogen-bond donors (Lipinski definition) is 1. The zero-order chi connectivity index (χ0) is 13.8. The molecule has 0 unspecified atom stereocenters. The van der Waals surface area contributed by atoms with E-state index in [4.69, 9.17) is 23.2 Å². The minimum atomic E-state index is 0.186. The summed E-state index contributed by atoms with van der Waals surface area (Å²) in [7, 11) is 0. The van der Waals surface area contributed by atoms with Crippen LogP contribution in [0.15, 0.2) is 42.5 Å². The Morgan fingerprint density at radius 1 is 1.05 bits per heavy atom. The number of aryl methyl sites for hydroxylation is 1. The molecule has 0 aliphatic rings. The Balaban J connectivity index is 2.04. The van der Waals surface area contributed by atoms with Gasteiger partial charge in [0.25, 0.3) is 0 Å². The molecule has 2 rings (SSSR count).